The first-order valence-corrected chi connectivity index (χ1v) is 8.27. The maximum absolute atomic E-state index is 11.8. The smallest absolute Gasteiger partial charge is 0.223 e. The van der Waals surface area contributed by atoms with Gasteiger partial charge in [0.1, 0.15) is 0 Å². The molecule has 1 amide bonds. The molecular weight excluding hydrogens is 268 g/mol. The van der Waals surface area contributed by atoms with Crippen molar-refractivity contribution in [3.8, 4) is 0 Å². The van der Waals surface area contributed by atoms with E-state index in [1.54, 1.807) is 0 Å². The van der Waals surface area contributed by atoms with E-state index in [0.717, 1.165) is 32.4 Å². The van der Waals surface area contributed by atoms with Crippen LogP contribution in [0.15, 0.2) is 0 Å². The molecule has 5 nitrogen and oxygen atoms in total. The molecule has 124 valence electrons. The number of hydrogen-bond acceptors (Lipinski definition) is 4. The predicted molar refractivity (Wildman–Crippen MR) is 84.2 cm³/mol. The number of nitrogens with one attached hydrogen (secondary N) is 1. The maximum atomic E-state index is 11.8. The summed E-state index contributed by atoms with van der Waals surface area (Å²) in [6.07, 6.45) is 3.44. The topological polar surface area (TPSA) is 61.8 Å². The maximum Gasteiger partial charge on any atom is 0.223 e. The summed E-state index contributed by atoms with van der Waals surface area (Å²) < 4.78 is 5.61. The number of likely N-dealkylation sites (tertiary alicyclic amines) is 1. The van der Waals surface area contributed by atoms with Crippen LogP contribution in [0.5, 0.6) is 0 Å². The Morgan fingerprint density at radius 1 is 1.29 bits per heavy atom. The highest BCUT2D eigenvalue weighted by molar-refractivity contribution is 5.76. The highest BCUT2D eigenvalue weighted by Gasteiger charge is 2.17. The molecule has 0 aromatic carbocycles. The summed E-state index contributed by atoms with van der Waals surface area (Å²) in [6.45, 7) is 9.61. The molecule has 21 heavy (non-hydrogen) atoms. The van der Waals surface area contributed by atoms with Gasteiger partial charge in [-0.25, -0.2) is 0 Å². The van der Waals surface area contributed by atoms with Gasteiger partial charge in [-0.2, -0.15) is 0 Å². The molecule has 0 aromatic heterocycles. The van der Waals surface area contributed by atoms with Crippen molar-refractivity contribution in [3.63, 3.8) is 0 Å². The van der Waals surface area contributed by atoms with E-state index in [-0.39, 0.29) is 12.0 Å². The summed E-state index contributed by atoms with van der Waals surface area (Å²) in [5.41, 5.74) is 0. The SMILES string of the molecule is CC(C)CC(C)OCC(O)CNCCC(=O)N1CCCC1. The summed E-state index contributed by atoms with van der Waals surface area (Å²) in [4.78, 5) is 13.7. The number of hydrogen-bond donors (Lipinski definition) is 2. The minimum absolute atomic E-state index is 0.177. The van der Waals surface area contributed by atoms with Crippen LogP contribution in [-0.2, 0) is 9.53 Å². The highest BCUT2D eigenvalue weighted by atomic mass is 16.5. The molecule has 1 fully saturated rings. The van der Waals surface area contributed by atoms with Gasteiger partial charge in [0.05, 0.1) is 18.8 Å². The van der Waals surface area contributed by atoms with Crippen molar-refractivity contribution < 1.29 is 14.6 Å². The van der Waals surface area contributed by atoms with Crippen LogP contribution < -0.4 is 5.32 Å². The van der Waals surface area contributed by atoms with Gasteiger partial charge in [-0.3, -0.25) is 4.79 Å². The van der Waals surface area contributed by atoms with Crippen molar-refractivity contribution in [2.45, 2.75) is 58.7 Å². The van der Waals surface area contributed by atoms with E-state index >= 15 is 0 Å². The van der Waals surface area contributed by atoms with Crippen molar-refractivity contribution in [1.82, 2.24) is 10.2 Å². The molecule has 0 bridgehead atoms. The normalized spacial score (nSPS) is 18.2. The van der Waals surface area contributed by atoms with Crippen LogP contribution in [0.4, 0.5) is 0 Å². The number of nitrogens with zero attached hydrogens (tertiary/aromatic N) is 1. The Morgan fingerprint density at radius 2 is 1.95 bits per heavy atom. The molecule has 1 heterocycles. The molecule has 0 aliphatic carbocycles. The molecule has 5 heteroatoms. The summed E-state index contributed by atoms with van der Waals surface area (Å²) in [6, 6.07) is 0. The second-order valence-corrected chi connectivity index (χ2v) is 6.47. The number of amides is 1. The fraction of sp³-hybridized carbons (Fsp3) is 0.938. The molecule has 0 saturated carbocycles. The summed E-state index contributed by atoms with van der Waals surface area (Å²) in [5.74, 6) is 0.822. The fourth-order valence-corrected chi connectivity index (χ4v) is 2.65. The van der Waals surface area contributed by atoms with E-state index in [4.69, 9.17) is 4.74 Å². The highest BCUT2D eigenvalue weighted by Crippen LogP contribution is 2.09. The van der Waals surface area contributed by atoms with Gasteiger partial charge in [-0.1, -0.05) is 13.8 Å². The molecule has 1 saturated heterocycles. The van der Waals surface area contributed by atoms with Gasteiger partial charge in [0, 0.05) is 32.6 Å². The Hall–Kier alpha value is -0.650. The summed E-state index contributed by atoms with van der Waals surface area (Å²) in [5, 5.41) is 13.0. The Balaban J connectivity index is 2.00. The Morgan fingerprint density at radius 3 is 2.57 bits per heavy atom. The van der Waals surface area contributed by atoms with Gasteiger partial charge in [0.15, 0.2) is 0 Å². The lowest BCUT2D eigenvalue weighted by Gasteiger charge is -2.19. The first-order valence-electron chi connectivity index (χ1n) is 8.27. The van der Waals surface area contributed by atoms with Crippen LogP contribution in [0, 0.1) is 5.92 Å². The predicted octanol–water partition coefficient (Wildman–Crippen LogP) is 1.40. The van der Waals surface area contributed by atoms with E-state index in [1.165, 1.54) is 0 Å². The van der Waals surface area contributed by atoms with E-state index in [0.29, 0.717) is 32.0 Å². The van der Waals surface area contributed by atoms with Gasteiger partial charge in [0.2, 0.25) is 5.91 Å². The van der Waals surface area contributed by atoms with Crippen molar-refractivity contribution in [3.05, 3.63) is 0 Å². The molecule has 1 aliphatic rings. The quantitative estimate of drug-likeness (QED) is 0.599. The molecule has 0 aromatic rings. The standard InChI is InChI=1S/C16H32N2O3/c1-13(2)10-14(3)21-12-15(19)11-17-7-6-16(20)18-8-4-5-9-18/h13-15,17,19H,4-12H2,1-3H3. The minimum atomic E-state index is -0.512. The number of aliphatic hydroxyl groups is 1. The van der Waals surface area contributed by atoms with Crippen LogP contribution in [0.25, 0.3) is 0 Å². The first kappa shape index (κ1) is 18.4. The van der Waals surface area contributed by atoms with Crippen LogP contribution in [0.2, 0.25) is 0 Å². The molecule has 0 radical (unpaired) electrons. The number of aliphatic hydroxyl groups excluding tert-OH is 1. The van der Waals surface area contributed by atoms with Gasteiger partial charge in [-0.05, 0) is 32.1 Å². The van der Waals surface area contributed by atoms with Crippen LogP contribution in [-0.4, -0.2) is 60.9 Å². The average Bonchev–Trinajstić information content (AvgIpc) is 2.94. The zero-order chi connectivity index (χ0) is 15.7. The average molecular weight is 300 g/mol. The Kier molecular flexibility index (Phi) is 8.88. The van der Waals surface area contributed by atoms with Gasteiger partial charge in [-0.15, -0.1) is 0 Å². The monoisotopic (exact) mass is 300 g/mol. The number of rotatable bonds is 10. The van der Waals surface area contributed by atoms with Crippen LogP contribution >= 0.6 is 0 Å². The third kappa shape index (κ3) is 8.39. The molecule has 2 atom stereocenters. The van der Waals surface area contributed by atoms with Gasteiger partial charge >= 0.3 is 0 Å². The lowest BCUT2D eigenvalue weighted by Crippen LogP contribution is -2.35. The molecule has 0 spiro atoms. The third-order valence-corrected chi connectivity index (χ3v) is 3.73. The summed E-state index contributed by atoms with van der Waals surface area (Å²) >= 11 is 0. The van der Waals surface area contributed by atoms with Crippen molar-refractivity contribution >= 4 is 5.91 Å². The first-order chi connectivity index (χ1) is 9.99. The molecule has 2 unspecified atom stereocenters. The second kappa shape index (κ2) is 10.1. The number of carbonyl (C=O) groups excluding carboxylic acids is 1. The molecular formula is C16H32N2O3. The second-order valence-electron chi connectivity index (χ2n) is 6.47. The molecule has 1 aliphatic heterocycles. The molecule has 1 rings (SSSR count). The number of ether oxygens (including phenoxy) is 1. The van der Waals surface area contributed by atoms with E-state index in [1.807, 2.05) is 11.8 Å². The van der Waals surface area contributed by atoms with Crippen LogP contribution in [0.3, 0.4) is 0 Å². The zero-order valence-electron chi connectivity index (χ0n) is 13.8. The van der Waals surface area contributed by atoms with E-state index < -0.39 is 6.10 Å². The summed E-state index contributed by atoms with van der Waals surface area (Å²) in [7, 11) is 0. The Labute approximate surface area is 129 Å². The van der Waals surface area contributed by atoms with Gasteiger partial charge in [0.25, 0.3) is 0 Å². The largest absolute Gasteiger partial charge is 0.389 e. The zero-order valence-corrected chi connectivity index (χ0v) is 13.8. The van der Waals surface area contributed by atoms with Crippen LogP contribution in [0.1, 0.15) is 46.5 Å². The number of carbonyl (C=O) groups is 1. The van der Waals surface area contributed by atoms with Crippen molar-refractivity contribution in [2.75, 3.05) is 32.8 Å². The van der Waals surface area contributed by atoms with Gasteiger partial charge < -0.3 is 20.1 Å². The van der Waals surface area contributed by atoms with E-state index in [2.05, 4.69) is 19.2 Å². The Bertz CT molecular complexity index is 291. The lowest BCUT2D eigenvalue weighted by atomic mass is 10.1. The molecule has 2 N–H and O–H groups in total. The lowest BCUT2D eigenvalue weighted by molar-refractivity contribution is -0.130. The van der Waals surface area contributed by atoms with Crippen molar-refractivity contribution in [1.29, 1.82) is 0 Å². The third-order valence-electron chi connectivity index (χ3n) is 3.73. The fourth-order valence-electron chi connectivity index (χ4n) is 2.65. The minimum Gasteiger partial charge on any atom is -0.389 e. The van der Waals surface area contributed by atoms with E-state index in [9.17, 15) is 9.90 Å². The van der Waals surface area contributed by atoms with Crippen molar-refractivity contribution in [2.24, 2.45) is 5.92 Å².